The largest absolute Gasteiger partial charge is 0.369 e. The van der Waals surface area contributed by atoms with Crippen LogP contribution < -0.4 is 10.6 Å². The summed E-state index contributed by atoms with van der Waals surface area (Å²) >= 11 is 1.64. The molecule has 0 bridgehead atoms. The summed E-state index contributed by atoms with van der Waals surface area (Å²) in [4.78, 5) is 1.58. The van der Waals surface area contributed by atoms with Crippen molar-refractivity contribution in [3.63, 3.8) is 0 Å². The number of thioether (sulfide) groups is 1. The molecule has 0 saturated heterocycles. The summed E-state index contributed by atoms with van der Waals surface area (Å²) in [5.74, 6) is -0.276. The summed E-state index contributed by atoms with van der Waals surface area (Å²) in [6.07, 6.45) is 1.96. The second kappa shape index (κ2) is 6.06. The molecule has 90 valence electrons. The van der Waals surface area contributed by atoms with Crippen LogP contribution >= 0.6 is 11.8 Å². The highest BCUT2D eigenvalue weighted by atomic mass is 32.2. The van der Waals surface area contributed by atoms with E-state index < -0.39 is 11.6 Å². The molecule has 0 aliphatic rings. The van der Waals surface area contributed by atoms with Crippen molar-refractivity contribution in [3.05, 3.63) is 29.3 Å². The van der Waals surface area contributed by atoms with Gasteiger partial charge in [0, 0.05) is 25.9 Å². The first kappa shape index (κ1) is 13.3. The molecule has 0 spiro atoms. The van der Waals surface area contributed by atoms with Crippen molar-refractivity contribution >= 4 is 17.4 Å². The van der Waals surface area contributed by atoms with Gasteiger partial charge in [-0.05, 0) is 24.0 Å². The Morgan fingerprint density at radius 2 is 1.88 bits per heavy atom. The molecule has 1 aromatic carbocycles. The Balaban J connectivity index is 2.95. The SMILES string of the molecule is CSCCN(C)c1c(F)cc(CN)cc1F. The van der Waals surface area contributed by atoms with Gasteiger partial charge in [0.05, 0.1) is 0 Å². The summed E-state index contributed by atoms with van der Waals surface area (Å²) < 4.78 is 27.3. The molecule has 2 N–H and O–H groups in total. The predicted octanol–water partition coefficient (Wildman–Crippen LogP) is 2.22. The molecule has 0 heterocycles. The molecular formula is C11H16F2N2S. The van der Waals surface area contributed by atoms with E-state index in [-0.39, 0.29) is 12.2 Å². The van der Waals surface area contributed by atoms with E-state index in [4.69, 9.17) is 5.73 Å². The highest BCUT2D eigenvalue weighted by Gasteiger charge is 2.14. The number of nitrogens with two attached hydrogens (primary N) is 1. The Labute approximate surface area is 98.8 Å². The van der Waals surface area contributed by atoms with Gasteiger partial charge in [-0.25, -0.2) is 8.78 Å². The van der Waals surface area contributed by atoms with Gasteiger partial charge in [0.1, 0.15) is 17.3 Å². The van der Waals surface area contributed by atoms with Gasteiger partial charge in [0.25, 0.3) is 0 Å². The van der Waals surface area contributed by atoms with E-state index in [0.29, 0.717) is 12.1 Å². The minimum Gasteiger partial charge on any atom is -0.369 e. The monoisotopic (exact) mass is 246 g/mol. The third kappa shape index (κ3) is 3.09. The zero-order chi connectivity index (χ0) is 12.1. The molecule has 0 aliphatic carbocycles. The van der Waals surface area contributed by atoms with Gasteiger partial charge in [0.2, 0.25) is 0 Å². The van der Waals surface area contributed by atoms with Gasteiger partial charge in [0.15, 0.2) is 0 Å². The van der Waals surface area contributed by atoms with Crippen molar-refractivity contribution in [2.24, 2.45) is 5.73 Å². The van der Waals surface area contributed by atoms with Crippen LogP contribution in [-0.4, -0.2) is 25.6 Å². The Morgan fingerprint density at radius 3 is 2.31 bits per heavy atom. The van der Waals surface area contributed by atoms with Crippen molar-refractivity contribution in [1.82, 2.24) is 0 Å². The molecule has 1 rings (SSSR count). The lowest BCUT2D eigenvalue weighted by Gasteiger charge is -2.20. The Morgan fingerprint density at radius 1 is 1.31 bits per heavy atom. The number of anilines is 1. The first-order valence-corrected chi connectivity index (χ1v) is 6.37. The van der Waals surface area contributed by atoms with Crippen LogP contribution in [0.5, 0.6) is 0 Å². The number of hydrogen-bond donors (Lipinski definition) is 1. The van der Waals surface area contributed by atoms with E-state index in [0.717, 1.165) is 5.75 Å². The lowest BCUT2D eigenvalue weighted by atomic mass is 10.1. The van der Waals surface area contributed by atoms with Gasteiger partial charge in [-0.1, -0.05) is 0 Å². The molecule has 0 atom stereocenters. The topological polar surface area (TPSA) is 29.3 Å². The number of hydrogen-bond acceptors (Lipinski definition) is 3. The molecule has 0 aliphatic heterocycles. The number of nitrogens with zero attached hydrogens (tertiary/aromatic N) is 1. The summed E-state index contributed by atoms with van der Waals surface area (Å²) in [6.45, 7) is 0.750. The first-order valence-electron chi connectivity index (χ1n) is 4.98. The quantitative estimate of drug-likeness (QED) is 0.864. The van der Waals surface area contributed by atoms with Crippen LogP contribution in [0.2, 0.25) is 0 Å². The van der Waals surface area contributed by atoms with E-state index in [1.807, 2.05) is 6.26 Å². The zero-order valence-electron chi connectivity index (χ0n) is 9.46. The van der Waals surface area contributed by atoms with E-state index in [9.17, 15) is 8.78 Å². The van der Waals surface area contributed by atoms with Crippen LogP contribution in [0.4, 0.5) is 14.5 Å². The Bertz CT molecular complexity index is 335. The fraction of sp³-hybridized carbons (Fsp3) is 0.455. The molecule has 0 amide bonds. The zero-order valence-corrected chi connectivity index (χ0v) is 10.3. The summed E-state index contributed by atoms with van der Waals surface area (Å²) in [6, 6.07) is 2.57. The van der Waals surface area contributed by atoms with Crippen LogP contribution in [-0.2, 0) is 6.54 Å². The minimum atomic E-state index is -0.552. The van der Waals surface area contributed by atoms with Gasteiger partial charge in [-0.15, -0.1) is 0 Å². The van der Waals surface area contributed by atoms with Crippen LogP contribution in [0, 0.1) is 11.6 Å². The summed E-state index contributed by atoms with van der Waals surface area (Å²) in [7, 11) is 1.68. The van der Waals surface area contributed by atoms with Gasteiger partial charge >= 0.3 is 0 Å². The van der Waals surface area contributed by atoms with Crippen molar-refractivity contribution in [2.75, 3.05) is 30.5 Å². The van der Waals surface area contributed by atoms with E-state index in [1.54, 1.807) is 23.7 Å². The average Bonchev–Trinajstić information content (AvgIpc) is 2.25. The lowest BCUT2D eigenvalue weighted by Crippen LogP contribution is -2.23. The fourth-order valence-electron chi connectivity index (χ4n) is 1.44. The Kier molecular flexibility index (Phi) is 5.02. The number of benzene rings is 1. The van der Waals surface area contributed by atoms with Crippen molar-refractivity contribution in [1.29, 1.82) is 0 Å². The van der Waals surface area contributed by atoms with Crippen LogP contribution in [0.15, 0.2) is 12.1 Å². The number of rotatable bonds is 5. The molecular weight excluding hydrogens is 230 g/mol. The minimum absolute atomic E-state index is 0.0197. The van der Waals surface area contributed by atoms with Crippen molar-refractivity contribution < 1.29 is 8.78 Å². The maximum Gasteiger partial charge on any atom is 0.149 e. The Hall–Kier alpha value is -0.810. The number of halogens is 2. The molecule has 0 aromatic heterocycles. The van der Waals surface area contributed by atoms with Crippen molar-refractivity contribution in [2.45, 2.75) is 6.54 Å². The lowest BCUT2D eigenvalue weighted by molar-refractivity contribution is 0.575. The second-order valence-electron chi connectivity index (χ2n) is 3.53. The summed E-state index contributed by atoms with van der Waals surface area (Å²) in [5, 5.41) is 0. The molecule has 0 fully saturated rings. The maximum absolute atomic E-state index is 13.6. The van der Waals surface area contributed by atoms with Crippen LogP contribution in [0.3, 0.4) is 0 Å². The highest BCUT2D eigenvalue weighted by Crippen LogP contribution is 2.24. The molecule has 2 nitrogen and oxygen atoms in total. The van der Waals surface area contributed by atoms with Crippen LogP contribution in [0.25, 0.3) is 0 Å². The highest BCUT2D eigenvalue weighted by molar-refractivity contribution is 7.98. The van der Waals surface area contributed by atoms with Gasteiger partial charge in [-0.3, -0.25) is 0 Å². The average molecular weight is 246 g/mol. The predicted molar refractivity (Wildman–Crippen MR) is 65.9 cm³/mol. The third-order valence-corrected chi connectivity index (χ3v) is 2.92. The molecule has 0 unspecified atom stereocenters. The van der Waals surface area contributed by atoms with Crippen molar-refractivity contribution in [3.8, 4) is 0 Å². The van der Waals surface area contributed by atoms with Crippen LogP contribution in [0.1, 0.15) is 5.56 Å². The first-order chi connectivity index (χ1) is 7.60. The van der Waals surface area contributed by atoms with E-state index in [2.05, 4.69) is 0 Å². The molecule has 0 saturated carbocycles. The smallest absolute Gasteiger partial charge is 0.149 e. The molecule has 0 radical (unpaired) electrons. The normalized spacial score (nSPS) is 10.6. The van der Waals surface area contributed by atoms with E-state index in [1.165, 1.54) is 12.1 Å². The molecule has 5 heteroatoms. The standard InChI is InChI=1S/C11H16F2N2S/c1-15(3-4-16-2)11-9(12)5-8(7-14)6-10(11)13/h5-6H,3-4,7,14H2,1-2H3. The molecule has 16 heavy (non-hydrogen) atoms. The van der Waals surface area contributed by atoms with E-state index >= 15 is 0 Å². The van der Waals surface area contributed by atoms with Gasteiger partial charge < -0.3 is 10.6 Å². The fourth-order valence-corrected chi connectivity index (χ4v) is 1.90. The van der Waals surface area contributed by atoms with Gasteiger partial charge in [-0.2, -0.15) is 11.8 Å². The third-order valence-electron chi connectivity index (χ3n) is 2.32. The maximum atomic E-state index is 13.6. The molecule has 1 aromatic rings. The second-order valence-corrected chi connectivity index (χ2v) is 4.51. The summed E-state index contributed by atoms with van der Waals surface area (Å²) in [5.41, 5.74) is 5.83.